The van der Waals surface area contributed by atoms with Gasteiger partial charge in [-0.05, 0) is 49.2 Å². The van der Waals surface area contributed by atoms with Gasteiger partial charge in [-0.2, -0.15) is 0 Å². The molecule has 0 spiro atoms. The van der Waals surface area contributed by atoms with Crippen LogP contribution in [0.1, 0.15) is 40.5 Å². The minimum absolute atomic E-state index is 0.0553. The van der Waals surface area contributed by atoms with E-state index < -0.39 is 0 Å². The molecule has 1 amide bonds. The average molecular weight is 419 g/mol. The minimum Gasteiger partial charge on any atom is -0.497 e. The van der Waals surface area contributed by atoms with Gasteiger partial charge >= 0.3 is 0 Å². The van der Waals surface area contributed by atoms with Gasteiger partial charge < -0.3 is 14.4 Å². The molecule has 1 fully saturated rings. The van der Waals surface area contributed by atoms with Crippen LogP contribution in [-0.4, -0.2) is 41.0 Å². The van der Waals surface area contributed by atoms with E-state index >= 15 is 0 Å². The van der Waals surface area contributed by atoms with Gasteiger partial charge in [0.15, 0.2) is 5.82 Å². The van der Waals surface area contributed by atoms with E-state index in [-0.39, 0.29) is 23.8 Å². The van der Waals surface area contributed by atoms with Crippen molar-refractivity contribution in [3.63, 3.8) is 0 Å². The second-order valence-electron chi connectivity index (χ2n) is 7.83. The number of ether oxygens (including phenoxy) is 2. The number of carbonyl (C=O) groups is 1. The lowest BCUT2D eigenvalue weighted by atomic mass is 9.97. The molecule has 2 atom stereocenters. The maximum atomic E-state index is 13.5. The highest BCUT2D eigenvalue weighted by atomic mass is 19.1. The fraction of sp³-hybridized carbons (Fsp3) is 0.292. The molecule has 6 nitrogen and oxygen atoms in total. The number of rotatable bonds is 4. The molecule has 1 aromatic heterocycles. The summed E-state index contributed by atoms with van der Waals surface area (Å²) in [7, 11) is 3.13. The molecule has 7 heteroatoms. The predicted octanol–water partition coefficient (Wildman–Crippen LogP) is 4.20. The number of amides is 1. The molecule has 0 aliphatic carbocycles. The first kappa shape index (κ1) is 19.5. The van der Waals surface area contributed by atoms with Gasteiger partial charge in [0.25, 0.3) is 5.91 Å². The Kier molecular flexibility index (Phi) is 4.81. The molecule has 2 bridgehead atoms. The molecular formula is C24H22FN3O3. The van der Waals surface area contributed by atoms with Crippen molar-refractivity contribution in [3.05, 3.63) is 71.3 Å². The molecule has 1 saturated heterocycles. The van der Waals surface area contributed by atoms with Crippen molar-refractivity contribution >= 4 is 5.91 Å². The molecule has 0 radical (unpaired) electrons. The van der Waals surface area contributed by atoms with E-state index in [1.165, 1.54) is 12.1 Å². The van der Waals surface area contributed by atoms with E-state index in [9.17, 15) is 9.18 Å². The van der Waals surface area contributed by atoms with Crippen LogP contribution in [0.25, 0.3) is 11.4 Å². The van der Waals surface area contributed by atoms with Crippen LogP contribution in [0, 0.1) is 5.82 Å². The number of carbonyl (C=O) groups excluding carboxylic acids is 1. The number of benzene rings is 2. The molecular weight excluding hydrogens is 397 g/mol. The number of nitrogens with zero attached hydrogens (tertiary/aromatic N) is 3. The van der Waals surface area contributed by atoms with Gasteiger partial charge in [0, 0.05) is 35.9 Å². The summed E-state index contributed by atoms with van der Waals surface area (Å²) in [4.78, 5) is 24.7. The molecule has 2 aliphatic heterocycles. The first-order chi connectivity index (χ1) is 15.1. The van der Waals surface area contributed by atoms with Gasteiger partial charge in [-0.15, -0.1) is 0 Å². The zero-order valence-corrected chi connectivity index (χ0v) is 17.3. The van der Waals surface area contributed by atoms with E-state index in [0.29, 0.717) is 29.3 Å². The van der Waals surface area contributed by atoms with Crippen molar-refractivity contribution in [1.29, 1.82) is 0 Å². The van der Waals surface area contributed by atoms with Crippen LogP contribution < -0.4 is 9.47 Å². The summed E-state index contributed by atoms with van der Waals surface area (Å²) >= 11 is 0. The van der Waals surface area contributed by atoms with Gasteiger partial charge in [-0.25, -0.2) is 14.4 Å². The third-order valence-corrected chi connectivity index (χ3v) is 6.17. The Morgan fingerprint density at radius 3 is 2.65 bits per heavy atom. The van der Waals surface area contributed by atoms with Crippen LogP contribution in [0.4, 0.5) is 4.39 Å². The lowest BCUT2D eigenvalue weighted by Gasteiger charge is -2.36. The Bertz CT molecular complexity index is 1150. The monoisotopic (exact) mass is 419 g/mol. The van der Waals surface area contributed by atoms with Crippen LogP contribution >= 0.6 is 0 Å². The molecule has 0 N–H and O–H groups in total. The summed E-state index contributed by atoms with van der Waals surface area (Å²) < 4.78 is 24.0. The third-order valence-electron chi connectivity index (χ3n) is 6.17. The van der Waals surface area contributed by atoms with Crippen molar-refractivity contribution < 1.29 is 18.7 Å². The van der Waals surface area contributed by atoms with Gasteiger partial charge in [0.05, 0.1) is 31.5 Å². The Hall–Kier alpha value is -3.48. The average Bonchev–Trinajstić information content (AvgIpc) is 3.12. The summed E-state index contributed by atoms with van der Waals surface area (Å²) in [6.45, 7) is 0. The highest BCUT2D eigenvalue weighted by Gasteiger charge is 2.44. The number of hydrogen-bond donors (Lipinski definition) is 0. The van der Waals surface area contributed by atoms with Crippen molar-refractivity contribution in [1.82, 2.24) is 14.9 Å². The van der Waals surface area contributed by atoms with E-state index in [1.54, 1.807) is 44.6 Å². The molecule has 5 rings (SSSR count). The topological polar surface area (TPSA) is 64.5 Å². The van der Waals surface area contributed by atoms with E-state index in [2.05, 4.69) is 4.98 Å². The van der Waals surface area contributed by atoms with Crippen molar-refractivity contribution in [3.8, 4) is 22.9 Å². The Morgan fingerprint density at radius 1 is 1.10 bits per heavy atom. The van der Waals surface area contributed by atoms with Crippen LogP contribution in [0.5, 0.6) is 11.5 Å². The van der Waals surface area contributed by atoms with Crippen LogP contribution in [-0.2, 0) is 6.42 Å². The van der Waals surface area contributed by atoms with Crippen LogP contribution in [0.3, 0.4) is 0 Å². The van der Waals surface area contributed by atoms with Gasteiger partial charge in [-0.1, -0.05) is 0 Å². The highest BCUT2D eigenvalue weighted by Crippen LogP contribution is 2.44. The molecule has 158 valence electrons. The normalized spacial score (nSPS) is 19.1. The summed E-state index contributed by atoms with van der Waals surface area (Å²) in [5.41, 5.74) is 3.25. The Labute approximate surface area is 179 Å². The quantitative estimate of drug-likeness (QED) is 0.634. The molecule has 0 saturated carbocycles. The van der Waals surface area contributed by atoms with Crippen molar-refractivity contribution in [2.45, 2.75) is 31.3 Å². The lowest BCUT2D eigenvalue weighted by molar-refractivity contribution is 0.0640. The summed E-state index contributed by atoms with van der Waals surface area (Å²) in [6.07, 6.45) is 4.28. The number of fused-ring (bicyclic) bond motifs is 4. The molecule has 31 heavy (non-hydrogen) atoms. The number of methoxy groups -OCH3 is 2. The first-order valence-corrected chi connectivity index (χ1v) is 10.3. The fourth-order valence-corrected chi connectivity index (χ4v) is 4.64. The smallest absolute Gasteiger partial charge is 0.258 e. The SMILES string of the molecule is COc1ccc(C(=O)N2[C@H]3CC[C@@H]2c2cnc(-c4ccc(F)cc4)nc2C3)c(OC)c1. The second-order valence-corrected chi connectivity index (χ2v) is 7.83. The Balaban J connectivity index is 1.47. The van der Waals surface area contributed by atoms with E-state index in [1.807, 2.05) is 11.1 Å². The third kappa shape index (κ3) is 3.30. The fourth-order valence-electron chi connectivity index (χ4n) is 4.64. The van der Waals surface area contributed by atoms with E-state index in [4.69, 9.17) is 14.5 Å². The molecule has 2 aromatic carbocycles. The van der Waals surface area contributed by atoms with E-state index in [0.717, 1.165) is 29.7 Å². The van der Waals surface area contributed by atoms with Crippen LogP contribution in [0.15, 0.2) is 48.7 Å². The zero-order valence-electron chi connectivity index (χ0n) is 17.3. The molecule has 0 unspecified atom stereocenters. The summed E-state index contributed by atoms with van der Waals surface area (Å²) in [5.74, 6) is 1.37. The largest absolute Gasteiger partial charge is 0.497 e. The summed E-state index contributed by atoms with van der Waals surface area (Å²) in [6, 6.07) is 11.4. The minimum atomic E-state index is -0.289. The lowest BCUT2D eigenvalue weighted by Crippen LogP contribution is -2.42. The highest BCUT2D eigenvalue weighted by molar-refractivity contribution is 5.98. The predicted molar refractivity (Wildman–Crippen MR) is 113 cm³/mol. The molecule has 2 aliphatic rings. The zero-order chi connectivity index (χ0) is 21.5. The first-order valence-electron chi connectivity index (χ1n) is 10.3. The number of aromatic nitrogens is 2. The summed E-state index contributed by atoms with van der Waals surface area (Å²) in [5, 5.41) is 0. The van der Waals surface area contributed by atoms with Gasteiger partial charge in [0.1, 0.15) is 17.3 Å². The van der Waals surface area contributed by atoms with Gasteiger partial charge in [-0.3, -0.25) is 4.79 Å². The molecule has 3 aromatic rings. The number of hydrogen-bond acceptors (Lipinski definition) is 5. The maximum absolute atomic E-state index is 13.5. The molecule has 3 heterocycles. The number of halogens is 1. The second kappa shape index (κ2) is 7.65. The van der Waals surface area contributed by atoms with Gasteiger partial charge in [0.2, 0.25) is 0 Å². The Morgan fingerprint density at radius 2 is 1.90 bits per heavy atom. The standard InChI is InChI=1S/C24H22FN3O3/c1-30-17-8-9-18(22(12-17)31-2)24(29)28-16-7-10-21(28)19-13-26-23(27-20(19)11-16)14-3-5-15(25)6-4-14/h3-6,8-9,12-13,16,21H,7,10-11H2,1-2H3/t16-,21+/m0/s1. The van der Waals surface area contributed by atoms with Crippen molar-refractivity contribution in [2.75, 3.05) is 14.2 Å². The maximum Gasteiger partial charge on any atom is 0.258 e. The van der Waals surface area contributed by atoms with Crippen molar-refractivity contribution in [2.24, 2.45) is 0 Å². The van der Waals surface area contributed by atoms with Crippen LogP contribution in [0.2, 0.25) is 0 Å².